The second-order valence-electron chi connectivity index (χ2n) is 3.44. The van der Waals surface area contributed by atoms with Crippen molar-refractivity contribution in [2.45, 2.75) is 32.7 Å². The van der Waals surface area contributed by atoms with Crippen molar-refractivity contribution in [1.82, 2.24) is 16.0 Å². The lowest BCUT2D eigenvalue weighted by Gasteiger charge is -2.25. The first-order chi connectivity index (χ1) is 5.79. The van der Waals surface area contributed by atoms with Gasteiger partial charge in [0, 0.05) is 6.04 Å². The lowest BCUT2D eigenvalue weighted by molar-refractivity contribution is 0.215. The third kappa shape index (κ3) is 1.29. The first kappa shape index (κ1) is 8.26. The largest absolute Gasteiger partial charge is 0.305 e. The first-order valence-electron chi connectivity index (χ1n) is 4.46. The van der Waals surface area contributed by atoms with E-state index >= 15 is 0 Å². The van der Waals surface area contributed by atoms with Gasteiger partial charge in [0.1, 0.15) is 5.03 Å². The van der Waals surface area contributed by atoms with Crippen LogP contribution in [0.4, 0.5) is 0 Å². The summed E-state index contributed by atoms with van der Waals surface area (Å²) in [6, 6.07) is 0.524. The van der Waals surface area contributed by atoms with Gasteiger partial charge in [-0.15, -0.1) is 17.3 Å². The fourth-order valence-corrected chi connectivity index (χ4v) is 2.69. The zero-order valence-corrected chi connectivity index (χ0v) is 8.37. The third-order valence-electron chi connectivity index (χ3n) is 2.13. The quantitative estimate of drug-likeness (QED) is 0.646. The molecule has 0 atom stereocenters. The van der Waals surface area contributed by atoms with Crippen LogP contribution in [-0.2, 0) is 0 Å². The van der Waals surface area contributed by atoms with Crippen molar-refractivity contribution in [2.24, 2.45) is 0 Å². The fraction of sp³-hybridized carbons (Fsp3) is 0.750. The summed E-state index contributed by atoms with van der Waals surface area (Å²) in [5, 5.41) is 3.61. The molecule has 4 heteroatoms. The van der Waals surface area contributed by atoms with Gasteiger partial charge in [0.05, 0.1) is 5.70 Å². The van der Waals surface area contributed by atoms with Crippen LogP contribution in [-0.4, -0.2) is 16.8 Å². The van der Waals surface area contributed by atoms with Crippen LogP contribution in [0.25, 0.3) is 0 Å². The van der Waals surface area contributed by atoms with E-state index in [0.717, 1.165) is 0 Å². The summed E-state index contributed by atoms with van der Waals surface area (Å²) in [7, 11) is 0. The number of hydrogen-bond acceptors (Lipinski definition) is 4. The van der Waals surface area contributed by atoms with Crippen molar-refractivity contribution >= 4 is 11.8 Å². The van der Waals surface area contributed by atoms with Gasteiger partial charge < -0.3 is 5.43 Å². The maximum absolute atomic E-state index is 3.22. The molecule has 0 fully saturated rings. The van der Waals surface area contributed by atoms with Crippen molar-refractivity contribution in [1.29, 1.82) is 0 Å². The van der Waals surface area contributed by atoms with Crippen LogP contribution in [0.2, 0.25) is 0 Å². The van der Waals surface area contributed by atoms with Gasteiger partial charge >= 0.3 is 0 Å². The van der Waals surface area contributed by atoms with Gasteiger partial charge in [-0.2, -0.15) is 0 Å². The Morgan fingerprint density at radius 2 is 2.33 bits per heavy atom. The summed E-state index contributed by atoms with van der Waals surface area (Å²) in [6.07, 6.45) is 2.49. The summed E-state index contributed by atoms with van der Waals surface area (Å²) in [4.78, 5) is 0. The molecule has 0 aliphatic carbocycles. The molecule has 2 heterocycles. The zero-order chi connectivity index (χ0) is 8.55. The second-order valence-corrected chi connectivity index (χ2v) is 4.52. The Morgan fingerprint density at radius 1 is 1.50 bits per heavy atom. The molecule has 3 nitrogen and oxygen atoms in total. The van der Waals surface area contributed by atoms with Gasteiger partial charge in [0.25, 0.3) is 0 Å². The maximum Gasteiger partial charge on any atom is 0.108 e. The molecule has 0 unspecified atom stereocenters. The van der Waals surface area contributed by atoms with Crippen molar-refractivity contribution in [2.75, 3.05) is 5.75 Å². The minimum absolute atomic E-state index is 0.524. The average Bonchev–Trinajstić information content (AvgIpc) is 2.47. The van der Waals surface area contributed by atoms with Gasteiger partial charge in [0.15, 0.2) is 0 Å². The van der Waals surface area contributed by atoms with Crippen molar-refractivity contribution in [3.05, 3.63) is 10.7 Å². The zero-order valence-electron chi connectivity index (χ0n) is 7.55. The molecular formula is C8H15N3S. The van der Waals surface area contributed by atoms with Gasteiger partial charge in [0.2, 0.25) is 0 Å². The summed E-state index contributed by atoms with van der Waals surface area (Å²) >= 11 is 1.95. The highest BCUT2D eigenvalue weighted by Gasteiger charge is 2.26. The average molecular weight is 185 g/mol. The van der Waals surface area contributed by atoms with E-state index in [1.807, 2.05) is 11.8 Å². The highest BCUT2D eigenvalue weighted by molar-refractivity contribution is 8.03. The van der Waals surface area contributed by atoms with E-state index in [1.54, 1.807) is 0 Å². The third-order valence-corrected chi connectivity index (χ3v) is 3.34. The summed E-state index contributed by atoms with van der Waals surface area (Å²) in [5.74, 6) is 1.26. The Labute approximate surface area is 77.5 Å². The maximum atomic E-state index is 3.22. The van der Waals surface area contributed by atoms with E-state index in [0.29, 0.717) is 6.04 Å². The highest BCUT2D eigenvalue weighted by atomic mass is 32.2. The van der Waals surface area contributed by atoms with E-state index in [9.17, 15) is 0 Å². The Balaban J connectivity index is 2.16. The van der Waals surface area contributed by atoms with Crippen molar-refractivity contribution in [3.63, 3.8) is 0 Å². The van der Waals surface area contributed by atoms with Crippen molar-refractivity contribution in [3.8, 4) is 0 Å². The molecule has 68 valence electrons. The van der Waals surface area contributed by atoms with Crippen LogP contribution in [0, 0.1) is 0 Å². The van der Waals surface area contributed by atoms with Gasteiger partial charge in [-0.05, 0) is 32.4 Å². The minimum Gasteiger partial charge on any atom is -0.305 e. The number of allylic oxidation sites excluding steroid dienone is 1. The lowest BCUT2D eigenvalue weighted by atomic mass is 10.2. The van der Waals surface area contributed by atoms with Crippen LogP contribution in [0.15, 0.2) is 10.7 Å². The Kier molecular flexibility index (Phi) is 2.19. The molecule has 0 amide bonds. The molecule has 2 N–H and O–H groups in total. The molecule has 0 aromatic carbocycles. The van der Waals surface area contributed by atoms with Gasteiger partial charge in [-0.25, -0.2) is 0 Å². The topological polar surface area (TPSA) is 27.3 Å². The summed E-state index contributed by atoms with van der Waals surface area (Å²) < 4.78 is 0. The molecule has 0 aromatic heterocycles. The van der Waals surface area contributed by atoms with Crippen LogP contribution < -0.4 is 11.0 Å². The molecular weight excluding hydrogens is 170 g/mol. The number of hydrogen-bond donors (Lipinski definition) is 2. The Morgan fingerprint density at radius 3 is 3.08 bits per heavy atom. The number of rotatable bonds is 1. The molecule has 2 aliphatic heterocycles. The number of nitrogens with zero attached hydrogens (tertiary/aromatic N) is 1. The molecule has 0 saturated heterocycles. The van der Waals surface area contributed by atoms with Crippen molar-refractivity contribution < 1.29 is 0 Å². The van der Waals surface area contributed by atoms with Gasteiger partial charge in [-0.1, -0.05) is 0 Å². The first-order valence-corrected chi connectivity index (χ1v) is 5.44. The second kappa shape index (κ2) is 3.18. The Hall–Kier alpha value is -0.350. The minimum atomic E-state index is 0.524. The molecule has 0 spiro atoms. The molecule has 0 aromatic rings. The fourth-order valence-electron chi connectivity index (χ4n) is 1.48. The summed E-state index contributed by atoms with van der Waals surface area (Å²) in [5.41, 5.74) is 7.79. The van der Waals surface area contributed by atoms with Crippen LogP contribution in [0.3, 0.4) is 0 Å². The lowest BCUT2D eigenvalue weighted by Crippen LogP contribution is -2.41. The SMILES string of the molecule is CC(C)N1NNC2=C1SCCC2. The summed E-state index contributed by atoms with van der Waals surface area (Å²) in [6.45, 7) is 4.39. The molecule has 2 rings (SSSR count). The number of hydrazine groups is 2. The van der Waals surface area contributed by atoms with E-state index in [2.05, 4.69) is 29.8 Å². The van der Waals surface area contributed by atoms with E-state index in [1.165, 1.54) is 29.3 Å². The predicted molar refractivity (Wildman–Crippen MR) is 52.0 cm³/mol. The number of nitrogens with one attached hydrogen (secondary N) is 2. The Bertz CT molecular complexity index is 212. The highest BCUT2D eigenvalue weighted by Crippen LogP contribution is 2.33. The van der Waals surface area contributed by atoms with Crippen LogP contribution >= 0.6 is 11.8 Å². The normalized spacial score (nSPS) is 23.1. The van der Waals surface area contributed by atoms with E-state index < -0.39 is 0 Å². The molecule has 0 saturated carbocycles. The van der Waals surface area contributed by atoms with E-state index in [-0.39, 0.29) is 0 Å². The molecule has 0 bridgehead atoms. The van der Waals surface area contributed by atoms with Crippen LogP contribution in [0.1, 0.15) is 26.7 Å². The van der Waals surface area contributed by atoms with Crippen LogP contribution in [0.5, 0.6) is 0 Å². The molecule has 12 heavy (non-hydrogen) atoms. The molecule has 0 radical (unpaired) electrons. The smallest absolute Gasteiger partial charge is 0.108 e. The predicted octanol–water partition coefficient (Wildman–Crippen LogP) is 1.42. The number of thioether (sulfide) groups is 1. The molecule has 2 aliphatic rings. The van der Waals surface area contributed by atoms with E-state index in [4.69, 9.17) is 0 Å². The monoisotopic (exact) mass is 185 g/mol. The van der Waals surface area contributed by atoms with Gasteiger partial charge in [-0.3, -0.25) is 5.01 Å². The standard InChI is InChI=1S/C8H15N3S/c1-6(2)11-8-7(9-10-11)4-3-5-12-8/h6,9-10H,3-5H2,1-2H3.